The van der Waals surface area contributed by atoms with Gasteiger partial charge < -0.3 is 5.21 Å². The number of nitrogens with two attached hydrogens (primary N) is 1. The Labute approximate surface area is 22.9 Å². The highest BCUT2D eigenvalue weighted by molar-refractivity contribution is 3.72. The second-order valence-corrected chi connectivity index (χ2v) is 0.220. The van der Waals surface area contributed by atoms with E-state index in [0.29, 0.717) is 0 Å². The molecule has 0 spiro atoms. The summed E-state index contributed by atoms with van der Waals surface area (Å²) in [5, 5.41) is 12.3. The fraction of sp³-hybridized carbons (Fsp3) is 0. The van der Waals surface area contributed by atoms with Crippen LogP contribution in [0.4, 0.5) is 0 Å². The third-order valence-electron chi connectivity index (χ3n) is 0.0527. The molecule has 24 valence electrons. The molecule has 0 bridgehead atoms. The summed E-state index contributed by atoms with van der Waals surface area (Å²) in [4.78, 5) is 0. The first-order valence-electron chi connectivity index (χ1n) is 0.686. The number of nitrogens with one attached hydrogen (secondary N) is 1. The molecule has 0 aliphatic rings. The topological polar surface area (TPSA) is 75.4 Å². The zero-order valence-electron chi connectivity index (χ0n) is 1.93. The Balaban J connectivity index is 2.55. The van der Waals surface area contributed by atoms with E-state index in [-0.39, 0.29) is 0 Å². The molecule has 0 atom stereocenters. The van der Waals surface area contributed by atoms with E-state index < -0.39 is 0 Å². The molecular weight excluding hydrogens is 58.0 g/mol. The molecule has 3 N–H and O–H groups in total. The van der Waals surface area contributed by atoms with Gasteiger partial charge in [0, 0.05) is 0 Å². The Bertz CT molecular complexity index is 18.5. The first-order chi connectivity index (χ1) is 1.91. The quantitative estimate of drug-likeness (QED) is 0.191. The first-order valence-corrected chi connectivity index (χ1v) is 0.686. The summed E-state index contributed by atoms with van der Waals surface area (Å²) < 4.78 is 0. The van der Waals surface area contributed by atoms with Crippen LogP contribution in [-0.2, 0) is 0 Å². The SMILES string of the molecule is N/N=[NH+]\[O-]. The van der Waals surface area contributed by atoms with Crippen molar-refractivity contribution in [1.82, 2.24) is 0 Å². The molecule has 0 aliphatic heterocycles. The van der Waals surface area contributed by atoms with Crippen LogP contribution in [0, 0.1) is 5.21 Å². The molecule has 0 aliphatic carbocycles. The van der Waals surface area contributed by atoms with Crippen LogP contribution in [0.2, 0.25) is 0 Å². The van der Waals surface area contributed by atoms with Crippen molar-refractivity contribution < 1.29 is 5.28 Å². The molecule has 0 amide bonds. The predicted molar refractivity (Wildman–Crippen MR) is 10.9 cm³/mol. The van der Waals surface area contributed by atoms with Gasteiger partial charge >= 0.3 is 0 Å². The molecule has 0 rings (SSSR count). The van der Waals surface area contributed by atoms with Gasteiger partial charge in [0.05, 0.1) is 5.22 Å². The van der Waals surface area contributed by atoms with Gasteiger partial charge in [-0.3, -0.25) is 0 Å². The highest BCUT2D eigenvalue weighted by atomic mass is 16.5. The normalized spacial score (nSPS) is 9.00. The molecule has 0 saturated heterocycles. The van der Waals surface area contributed by atoms with E-state index in [4.69, 9.17) is 5.21 Å². The zero-order chi connectivity index (χ0) is 3.41. The summed E-state index contributed by atoms with van der Waals surface area (Å²) in [7, 11) is 0. The van der Waals surface area contributed by atoms with Gasteiger partial charge in [0.2, 0.25) is 0 Å². The second kappa shape index (κ2) is 2.20. The van der Waals surface area contributed by atoms with E-state index in [9.17, 15) is 0 Å². The minimum atomic E-state index is 1.08. The van der Waals surface area contributed by atoms with Crippen molar-refractivity contribution in [3.05, 3.63) is 5.21 Å². The fourth-order valence-corrected chi connectivity index (χ4v) is 0. The van der Waals surface area contributed by atoms with E-state index in [1.54, 1.807) is 0 Å². The van der Waals surface area contributed by atoms with E-state index in [1.807, 2.05) is 0 Å². The van der Waals surface area contributed by atoms with Gasteiger partial charge in [-0.25, -0.2) is 0 Å². The van der Waals surface area contributed by atoms with Crippen molar-refractivity contribution in [2.24, 2.45) is 11.1 Å². The standard InChI is InChI=1S/H3N3O/c1-2-3-4/h3H,1H2. The Morgan fingerprint density at radius 1 is 2.00 bits per heavy atom. The average Bonchev–Trinajstić information content (AvgIpc) is 1.37. The maximum absolute atomic E-state index is 8.76. The third kappa shape index (κ3) is 1.20. The van der Waals surface area contributed by atoms with Crippen LogP contribution in [0.3, 0.4) is 0 Å². The fourth-order valence-electron chi connectivity index (χ4n) is 0. The van der Waals surface area contributed by atoms with Gasteiger partial charge in [0.1, 0.15) is 0 Å². The number of nitrogens with zero attached hydrogens (tertiary/aromatic N) is 1. The van der Waals surface area contributed by atoms with Crippen molar-refractivity contribution in [3.8, 4) is 0 Å². The van der Waals surface area contributed by atoms with Crippen LogP contribution in [0.25, 0.3) is 0 Å². The van der Waals surface area contributed by atoms with E-state index in [2.05, 4.69) is 11.1 Å². The average molecular weight is 61.0 g/mol. The summed E-state index contributed by atoms with van der Waals surface area (Å²) in [6, 6.07) is 0. The van der Waals surface area contributed by atoms with Gasteiger partial charge in [-0.15, -0.1) is 0 Å². The van der Waals surface area contributed by atoms with Gasteiger partial charge in [0.15, 0.2) is 0 Å². The summed E-state index contributed by atoms with van der Waals surface area (Å²) >= 11 is 0. The maximum Gasteiger partial charge on any atom is 0.0758 e. The molecular formula is H3N3O. The molecule has 0 aromatic heterocycles. The largest absolute Gasteiger partial charge is 0.698 e. The van der Waals surface area contributed by atoms with Crippen LogP contribution in [0.1, 0.15) is 0 Å². The Hall–Kier alpha value is -0.800. The molecule has 0 heterocycles. The van der Waals surface area contributed by atoms with Gasteiger partial charge in [-0.2, -0.15) is 11.1 Å². The molecule has 0 fully saturated rings. The molecule has 0 radical (unpaired) electrons. The van der Waals surface area contributed by atoms with Crippen LogP contribution >= 0.6 is 0 Å². The lowest BCUT2D eigenvalue weighted by molar-refractivity contribution is -0.459. The number of hydrogen-bond acceptors (Lipinski definition) is 2. The van der Waals surface area contributed by atoms with Crippen molar-refractivity contribution in [2.45, 2.75) is 0 Å². The van der Waals surface area contributed by atoms with Gasteiger partial charge in [0.25, 0.3) is 0 Å². The molecule has 0 saturated carbocycles. The number of rotatable bonds is 0. The monoisotopic (exact) mass is 61.0 g/mol. The summed E-state index contributed by atoms with van der Waals surface area (Å²) in [6.07, 6.45) is 0. The predicted octanol–water partition coefficient (Wildman–Crippen LogP) is -2.11. The van der Waals surface area contributed by atoms with Crippen LogP contribution in [0.5, 0.6) is 0 Å². The highest BCUT2D eigenvalue weighted by Crippen LogP contribution is 0.962. The maximum atomic E-state index is 8.76. The van der Waals surface area contributed by atoms with Crippen molar-refractivity contribution in [1.29, 1.82) is 0 Å². The lowest BCUT2D eigenvalue weighted by Crippen LogP contribution is -2.57. The Morgan fingerprint density at radius 2 is 2.25 bits per heavy atom. The van der Waals surface area contributed by atoms with Gasteiger partial charge in [-0.05, 0) is 0 Å². The molecule has 4 heavy (non-hydrogen) atoms. The molecule has 0 unspecified atom stereocenters. The lowest BCUT2D eigenvalue weighted by atomic mass is 12.7. The zero-order valence-corrected chi connectivity index (χ0v) is 1.93. The molecule has 0 aromatic carbocycles. The van der Waals surface area contributed by atoms with Crippen LogP contribution < -0.4 is 11.1 Å². The smallest absolute Gasteiger partial charge is 0.0758 e. The van der Waals surface area contributed by atoms with Crippen LogP contribution in [-0.4, -0.2) is 0 Å². The molecule has 4 heteroatoms. The van der Waals surface area contributed by atoms with E-state index in [1.165, 1.54) is 0 Å². The Morgan fingerprint density at radius 3 is 2.25 bits per heavy atom. The third-order valence-corrected chi connectivity index (χ3v) is 0.0527. The minimum Gasteiger partial charge on any atom is -0.698 e. The van der Waals surface area contributed by atoms with E-state index >= 15 is 0 Å². The second-order valence-electron chi connectivity index (χ2n) is 0.220. The first kappa shape index (κ1) is 3.20. The lowest BCUT2D eigenvalue weighted by Gasteiger charge is -1.67. The highest BCUT2D eigenvalue weighted by Gasteiger charge is 1.28. The Kier molecular flexibility index (Phi) is 1.76. The van der Waals surface area contributed by atoms with Crippen molar-refractivity contribution in [2.75, 3.05) is 0 Å². The summed E-state index contributed by atoms with van der Waals surface area (Å²) in [5.41, 5.74) is 0. The van der Waals surface area contributed by atoms with E-state index in [0.717, 1.165) is 5.28 Å². The van der Waals surface area contributed by atoms with Crippen molar-refractivity contribution in [3.63, 3.8) is 0 Å². The van der Waals surface area contributed by atoms with Crippen molar-refractivity contribution >= 4 is 0 Å². The number of hydrogen-bond donors (Lipinski definition) is 2. The van der Waals surface area contributed by atoms with Gasteiger partial charge in [-0.1, -0.05) is 0 Å². The molecule has 0 aromatic rings. The summed E-state index contributed by atoms with van der Waals surface area (Å²) in [6.45, 7) is 0. The van der Waals surface area contributed by atoms with Crippen LogP contribution in [0.15, 0.2) is 5.22 Å². The summed E-state index contributed by atoms with van der Waals surface area (Å²) in [5.74, 6) is 4.23. The minimum absolute atomic E-state index is 1.08. The molecule has 4 nitrogen and oxygen atoms in total.